The summed E-state index contributed by atoms with van der Waals surface area (Å²) in [7, 11) is 0. The second kappa shape index (κ2) is 10.6. The molecule has 2 nitrogen and oxygen atoms in total. The fourth-order valence-corrected chi connectivity index (χ4v) is 7.66. The molecule has 0 unspecified atom stereocenters. The first-order valence-corrected chi connectivity index (χ1v) is 16.4. The summed E-state index contributed by atoms with van der Waals surface area (Å²) in [4.78, 5) is 2.45. The number of furan rings is 1. The standard InChI is InChI=1S/C46H29NO/c1-2-12-30(13-3-1)35-16-10-11-21-41(35)47(34-25-27-43-40(29-34)46-37-18-7-5-15-32(37)24-26-44(46)48-43)42-28-33-23-22-31-14-4-6-17-36(31)45(33)39-20-9-8-19-38(39)42/h1-29H. The molecule has 10 aromatic rings. The van der Waals surface area contributed by atoms with E-state index in [1.54, 1.807) is 0 Å². The smallest absolute Gasteiger partial charge is 0.136 e. The van der Waals surface area contributed by atoms with Crippen LogP contribution in [-0.4, -0.2) is 0 Å². The van der Waals surface area contributed by atoms with E-state index in [2.05, 4.69) is 181 Å². The SMILES string of the molecule is c1ccc(-c2ccccc2N(c2ccc3oc4ccc5ccccc5c4c3c2)c2cc3ccc4ccccc4c3c3ccccc23)cc1. The molecule has 0 atom stereocenters. The predicted octanol–water partition coefficient (Wildman–Crippen LogP) is 13.3. The molecular formula is C46H29NO. The summed E-state index contributed by atoms with van der Waals surface area (Å²) in [6.45, 7) is 0. The number of rotatable bonds is 4. The first kappa shape index (κ1) is 26.8. The van der Waals surface area contributed by atoms with Crippen LogP contribution < -0.4 is 4.90 Å². The Labute approximate surface area is 277 Å². The van der Waals surface area contributed by atoms with Crippen LogP contribution in [0.4, 0.5) is 17.1 Å². The van der Waals surface area contributed by atoms with Gasteiger partial charge in [-0.2, -0.15) is 0 Å². The molecule has 0 aliphatic heterocycles. The van der Waals surface area contributed by atoms with E-state index >= 15 is 0 Å². The molecule has 0 saturated heterocycles. The Hall–Kier alpha value is -6.38. The third kappa shape index (κ3) is 4.06. The van der Waals surface area contributed by atoms with Gasteiger partial charge in [0.25, 0.3) is 0 Å². The van der Waals surface area contributed by atoms with Crippen LogP contribution in [0.5, 0.6) is 0 Å². The van der Waals surface area contributed by atoms with Crippen molar-refractivity contribution in [1.82, 2.24) is 0 Å². The molecule has 0 aliphatic carbocycles. The zero-order valence-corrected chi connectivity index (χ0v) is 26.1. The molecule has 10 rings (SSSR count). The van der Waals surface area contributed by atoms with Crippen molar-refractivity contribution in [3.63, 3.8) is 0 Å². The van der Waals surface area contributed by atoms with Gasteiger partial charge in [0.15, 0.2) is 0 Å². The molecule has 224 valence electrons. The van der Waals surface area contributed by atoms with Crippen molar-refractivity contribution in [2.24, 2.45) is 0 Å². The van der Waals surface area contributed by atoms with E-state index in [9.17, 15) is 0 Å². The molecule has 1 aromatic heterocycles. The fourth-order valence-electron chi connectivity index (χ4n) is 7.66. The van der Waals surface area contributed by atoms with Crippen molar-refractivity contribution in [2.45, 2.75) is 0 Å². The summed E-state index contributed by atoms with van der Waals surface area (Å²) in [5, 5.41) is 12.1. The highest BCUT2D eigenvalue weighted by molar-refractivity contribution is 6.24. The maximum atomic E-state index is 6.45. The zero-order chi connectivity index (χ0) is 31.6. The average molecular weight is 612 g/mol. The summed E-state index contributed by atoms with van der Waals surface area (Å²) >= 11 is 0. The van der Waals surface area contributed by atoms with E-state index in [1.807, 2.05) is 0 Å². The first-order valence-electron chi connectivity index (χ1n) is 16.4. The number of para-hydroxylation sites is 1. The monoisotopic (exact) mass is 611 g/mol. The highest BCUT2D eigenvalue weighted by Gasteiger charge is 2.22. The Morgan fingerprint density at radius 1 is 0.354 bits per heavy atom. The molecular weight excluding hydrogens is 583 g/mol. The molecule has 0 spiro atoms. The number of benzene rings is 9. The quantitative estimate of drug-likeness (QED) is 0.184. The molecule has 9 aromatic carbocycles. The second-order valence-corrected chi connectivity index (χ2v) is 12.5. The van der Waals surface area contributed by atoms with Gasteiger partial charge in [0.2, 0.25) is 0 Å². The minimum Gasteiger partial charge on any atom is -0.456 e. The Morgan fingerprint density at radius 3 is 1.77 bits per heavy atom. The predicted molar refractivity (Wildman–Crippen MR) is 204 cm³/mol. The van der Waals surface area contributed by atoms with Crippen LogP contribution in [0.1, 0.15) is 0 Å². The molecule has 0 fully saturated rings. The highest BCUT2D eigenvalue weighted by atomic mass is 16.3. The van der Waals surface area contributed by atoms with E-state index in [1.165, 1.54) is 54.2 Å². The van der Waals surface area contributed by atoms with Gasteiger partial charge in [-0.1, -0.05) is 140 Å². The van der Waals surface area contributed by atoms with Gasteiger partial charge < -0.3 is 9.32 Å². The minimum absolute atomic E-state index is 0.885. The Bertz CT molecular complexity index is 2850. The summed E-state index contributed by atoms with van der Waals surface area (Å²) in [6, 6.07) is 63.4. The topological polar surface area (TPSA) is 16.4 Å². The largest absolute Gasteiger partial charge is 0.456 e. The molecule has 48 heavy (non-hydrogen) atoms. The van der Waals surface area contributed by atoms with Crippen molar-refractivity contribution in [2.75, 3.05) is 4.90 Å². The number of hydrogen-bond acceptors (Lipinski definition) is 2. The van der Waals surface area contributed by atoms with E-state index in [4.69, 9.17) is 4.42 Å². The Kier molecular flexibility index (Phi) is 5.91. The zero-order valence-electron chi connectivity index (χ0n) is 26.1. The lowest BCUT2D eigenvalue weighted by Gasteiger charge is -2.30. The van der Waals surface area contributed by atoms with Crippen molar-refractivity contribution >= 4 is 82.1 Å². The van der Waals surface area contributed by atoms with Crippen LogP contribution in [0, 0.1) is 0 Å². The van der Waals surface area contributed by atoms with Gasteiger partial charge in [-0.05, 0) is 79.7 Å². The van der Waals surface area contributed by atoms with Gasteiger partial charge in [-0.15, -0.1) is 0 Å². The van der Waals surface area contributed by atoms with Crippen LogP contribution in [0.2, 0.25) is 0 Å². The lowest BCUT2D eigenvalue weighted by Crippen LogP contribution is -2.12. The van der Waals surface area contributed by atoms with Crippen LogP contribution >= 0.6 is 0 Å². The number of fused-ring (bicyclic) bond motifs is 10. The van der Waals surface area contributed by atoms with E-state index in [0.717, 1.165) is 39.0 Å². The van der Waals surface area contributed by atoms with E-state index in [-0.39, 0.29) is 0 Å². The van der Waals surface area contributed by atoms with E-state index in [0.29, 0.717) is 0 Å². The van der Waals surface area contributed by atoms with Crippen LogP contribution in [-0.2, 0) is 0 Å². The summed E-state index contributed by atoms with van der Waals surface area (Å²) in [6.07, 6.45) is 0. The molecule has 0 N–H and O–H groups in total. The Morgan fingerprint density at radius 2 is 0.958 bits per heavy atom. The van der Waals surface area contributed by atoms with Crippen LogP contribution in [0.25, 0.3) is 76.2 Å². The number of anilines is 3. The van der Waals surface area contributed by atoms with Gasteiger partial charge in [0.1, 0.15) is 11.2 Å². The minimum atomic E-state index is 0.885. The van der Waals surface area contributed by atoms with Gasteiger partial charge in [-0.3, -0.25) is 0 Å². The van der Waals surface area contributed by atoms with Crippen LogP contribution in [0.3, 0.4) is 0 Å². The summed E-state index contributed by atoms with van der Waals surface area (Å²) in [5.41, 5.74) is 7.46. The van der Waals surface area contributed by atoms with Crippen molar-refractivity contribution in [3.8, 4) is 11.1 Å². The fraction of sp³-hybridized carbons (Fsp3) is 0. The highest BCUT2D eigenvalue weighted by Crippen LogP contribution is 2.47. The molecule has 0 aliphatic rings. The normalized spacial score (nSPS) is 11.8. The molecule has 0 amide bonds. The molecule has 0 radical (unpaired) electrons. The Balaban J connectivity index is 1.33. The molecule has 0 bridgehead atoms. The lowest BCUT2D eigenvalue weighted by atomic mass is 9.94. The van der Waals surface area contributed by atoms with Gasteiger partial charge in [-0.25, -0.2) is 0 Å². The second-order valence-electron chi connectivity index (χ2n) is 12.5. The summed E-state index contributed by atoms with van der Waals surface area (Å²) in [5.74, 6) is 0. The van der Waals surface area contributed by atoms with Crippen molar-refractivity contribution < 1.29 is 4.42 Å². The van der Waals surface area contributed by atoms with Gasteiger partial charge in [0, 0.05) is 27.4 Å². The molecule has 0 saturated carbocycles. The average Bonchev–Trinajstić information content (AvgIpc) is 3.54. The van der Waals surface area contributed by atoms with Crippen molar-refractivity contribution in [3.05, 3.63) is 176 Å². The summed E-state index contributed by atoms with van der Waals surface area (Å²) < 4.78 is 6.45. The first-order chi connectivity index (χ1) is 23.8. The van der Waals surface area contributed by atoms with Crippen molar-refractivity contribution in [1.29, 1.82) is 0 Å². The number of nitrogens with zero attached hydrogens (tertiary/aromatic N) is 1. The number of hydrogen-bond donors (Lipinski definition) is 0. The molecule has 2 heteroatoms. The maximum absolute atomic E-state index is 6.45. The lowest BCUT2D eigenvalue weighted by molar-refractivity contribution is 0.669. The molecule has 1 heterocycles. The van der Waals surface area contributed by atoms with Crippen LogP contribution in [0.15, 0.2) is 180 Å². The third-order valence-electron chi connectivity index (χ3n) is 9.80. The van der Waals surface area contributed by atoms with Gasteiger partial charge >= 0.3 is 0 Å². The third-order valence-corrected chi connectivity index (χ3v) is 9.80. The van der Waals surface area contributed by atoms with E-state index < -0.39 is 0 Å². The van der Waals surface area contributed by atoms with Gasteiger partial charge in [0.05, 0.1) is 11.4 Å². The maximum Gasteiger partial charge on any atom is 0.136 e.